The van der Waals surface area contributed by atoms with Crippen LogP contribution in [0.5, 0.6) is 5.75 Å². The van der Waals surface area contributed by atoms with Crippen LogP contribution >= 0.6 is 0 Å². The summed E-state index contributed by atoms with van der Waals surface area (Å²) in [6, 6.07) is 32.3. The first-order valence-electron chi connectivity index (χ1n) is 16.8. The molecule has 6 N–H and O–H groups in total. The number of hydrogen-bond donors (Lipinski definition) is 6. The van der Waals surface area contributed by atoms with Crippen molar-refractivity contribution in [1.29, 1.82) is 0 Å². The van der Waals surface area contributed by atoms with Gasteiger partial charge in [-0.05, 0) is 66.5 Å². The van der Waals surface area contributed by atoms with Crippen LogP contribution in [-0.4, -0.2) is 62.8 Å². The van der Waals surface area contributed by atoms with Gasteiger partial charge < -0.3 is 35.4 Å². The second-order valence-electron chi connectivity index (χ2n) is 12.6. The first kappa shape index (κ1) is 35.2. The number of pyridine rings is 1. The number of aromatic hydroxyl groups is 1. The molecule has 6 rings (SSSR count). The number of carbonyl (C=O) groups is 1. The first-order chi connectivity index (χ1) is 24.7. The smallest absolute Gasteiger partial charge is 0.248 e. The van der Waals surface area contributed by atoms with E-state index in [1.165, 1.54) is 12.1 Å². The standard InChI is InChI=1S/C40H41N5O6/c1-45(26-31-24-42-39(51-31)40(50,28-8-4-2-5-9-28)29-10-6-3-7-11-29)23-21-37(49)43-30-14-12-27(13-15-30)20-22-41-25-35(47)32-16-18-34(46)38-33(32)17-19-36(48)44-38/h2-19,24,35,41,46-47,50H,20-23,25-26H2,1H3,(H,43,49)(H,44,48)/t35-/m1/s1. The van der Waals surface area contributed by atoms with Gasteiger partial charge in [-0.3, -0.25) is 14.5 Å². The van der Waals surface area contributed by atoms with Gasteiger partial charge in [0, 0.05) is 36.7 Å². The second-order valence-corrected chi connectivity index (χ2v) is 12.6. The number of anilines is 1. The minimum Gasteiger partial charge on any atom is -0.506 e. The highest BCUT2D eigenvalue weighted by atomic mass is 16.4. The largest absolute Gasteiger partial charge is 0.506 e. The number of H-pyrrole nitrogens is 1. The van der Waals surface area contributed by atoms with E-state index in [1.54, 1.807) is 18.3 Å². The Morgan fingerprint density at radius 3 is 2.31 bits per heavy atom. The highest BCUT2D eigenvalue weighted by Crippen LogP contribution is 2.36. The maximum Gasteiger partial charge on any atom is 0.248 e. The van der Waals surface area contributed by atoms with Gasteiger partial charge in [-0.2, -0.15) is 0 Å². The summed E-state index contributed by atoms with van der Waals surface area (Å²) in [7, 11) is 1.90. The van der Waals surface area contributed by atoms with Crippen LogP contribution in [0.25, 0.3) is 10.9 Å². The average Bonchev–Trinajstić information content (AvgIpc) is 3.62. The molecule has 0 bridgehead atoms. The zero-order valence-electron chi connectivity index (χ0n) is 28.3. The minimum absolute atomic E-state index is 0.0468. The van der Waals surface area contributed by atoms with Gasteiger partial charge in [0.15, 0.2) is 5.60 Å². The molecule has 1 atom stereocenters. The molecule has 11 heteroatoms. The summed E-state index contributed by atoms with van der Waals surface area (Å²) in [6.45, 7) is 1.80. The lowest BCUT2D eigenvalue weighted by Crippen LogP contribution is -2.29. The zero-order valence-corrected chi connectivity index (χ0v) is 28.3. The van der Waals surface area contributed by atoms with E-state index in [4.69, 9.17) is 4.42 Å². The summed E-state index contributed by atoms with van der Waals surface area (Å²) < 4.78 is 6.09. The number of nitrogens with one attached hydrogen (secondary N) is 3. The van der Waals surface area contributed by atoms with Crippen LogP contribution in [0.15, 0.2) is 125 Å². The molecule has 0 aliphatic rings. The number of nitrogens with zero attached hydrogens (tertiary/aromatic N) is 2. The molecule has 0 unspecified atom stereocenters. The molecule has 2 aromatic heterocycles. The molecule has 51 heavy (non-hydrogen) atoms. The van der Waals surface area contributed by atoms with Gasteiger partial charge in [0.1, 0.15) is 11.5 Å². The van der Waals surface area contributed by atoms with E-state index in [9.17, 15) is 24.9 Å². The van der Waals surface area contributed by atoms with Gasteiger partial charge in [-0.15, -0.1) is 0 Å². The van der Waals surface area contributed by atoms with Crippen molar-refractivity contribution < 1.29 is 24.5 Å². The number of benzene rings is 4. The van der Waals surface area contributed by atoms with Crippen LogP contribution in [-0.2, 0) is 23.4 Å². The number of phenolic OH excluding ortho intramolecular Hbond substituents is 1. The van der Waals surface area contributed by atoms with E-state index in [0.29, 0.717) is 71.6 Å². The number of hydrogen-bond acceptors (Lipinski definition) is 9. The Labute approximate surface area is 295 Å². The van der Waals surface area contributed by atoms with Crippen molar-refractivity contribution >= 4 is 22.5 Å². The topological polar surface area (TPSA) is 164 Å². The number of oxazole rings is 1. The van der Waals surface area contributed by atoms with E-state index in [2.05, 4.69) is 20.6 Å². The SMILES string of the molecule is CN(CCC(=O)Nc1ccc(CCNC[C@@H](O)c2ccc(O)c3[nH]c(=O)ccc23)cc1)Cc1cnc(C(O)(c2ccccc2)c2ccccc2)o1. The predicted octanol–water partition coefficient (Wildman–Crippen LogP) is 4.83. The van der Waals surface area contributed by atoms with Gasteiger partial charge in [-0.1, -0.05) is 78.9 Å². The lowest BCUT2D eigenvalue weighted by molar-refractivity contribution is -0.116. The zero-order chi connectivity index (χ0) is 35.8. The molecule has 0 radical (unpaired) electrons. The van der Waals surface area contributed by atoms with Crippen molar-refractivity contribution in [3.05, 3.63) is 160 Å². The number of rotatable bonds is 15. The fraction of sp³-hybridized carbons (Fsp3) is 0.225. The second kappa shape index (κ2) is 16.0. The van der Waals surface area contributed by atoms with Gasteiger partial charge in [-0.25, -0.2) is 4.98 Å². The Morgan fingerprint density at radius 1 is 0.941 bits per heavy atom. The number of aliphatic hydroxyl groups excluding tert-OH is 1. The fourth-order valence-corrected chi connectivity index (χ4v) is 6.07. The lowest BCUT2D eigenvalue weighted by atomic mass is 9.86. The van der Waals surface area contributed by atoms with E-state index < -0.39 is 11.7 Å². The highest BCUT2D eigenvalue weighted by Gasteiger charge is 2.38. The van der Waals surface area contributed by atoms with Crippen molar-refractivity contribution in [2.45, 2.75) is 31.1 Å². The van der Waals surface area contributed by atoms with Gasteiger partial charge in [0.2, 0.25) is 17.4 Å². The maximum absolute atomic E-state index is 12.7. The maximum atomic E-state index is 12.7. The molecule has 4 aromatic carbocycles. The summed E-state index contributed by atoms with van der Waals surface area (Å²) in [5, 5.41) is 39.6. The summed E-state index contributed by atoms with van der Waals surface area (Å²) >= 11 is 0. The van der Waals surface area contributed by atoms with Crippen LogP contribution in [0, 0.1) is 0 Å². The molecule has 262 valence electrons. The van der Waals surface area contributed by atoms with Crippen molar-refractivity contribution in [3.8, 4) is 5.75 Å². The van der Waals surface area contributed by atoms with E-state index in [-0.39, 0.29) is 29.5 Å². The fourth-order valence-electron chi connectivity index (χ4n) is 6.07. The monoisotopic (exact) mass is 687 g/mol. The molecular weight excluding hydrogens is 646 g/mol. The van der Waals surface area contributed by atoms with Crippen LogP contribution in [0.1, 0.15) is 46.4 Å². The predicted molar refractivity (Wildman–Crippen MR) is 195 cm³/mol. The van der Waals surface area contributed by atoms with Crippen LogP contribution in [0.4, 0.5) is 5.69 Å². The summed E-state index contributed by atoms with van der Waals surface area (Å²) in [4.78, 5) is 33.4. The molecule has 0 saturated carbocycles. The summed E-state index contributed by atoms with van der Waals surface area (Å²) in [5.41, 5.74) is 2.11. The normalized spacial score (nSPS) is 12.3. The average molecular weight is 688 g/mol. The van der Waals surface area contributed by atoms with Gasteiger partial charge in [0.05, 0.1) is 24.4 Å². The molecule has 2 heterocycles. The third kappa shape index (κ3) is 8.42. The Kier molecular flexibility index (Phi) is 11.0. The summed E-state index contributed by atoms with van der Waals surface area (Å²) in [5.74, 6) is 0.593. The quantitative estimate of drug-likeness (QED) is 0.0830. The van der Waals surface area contributed by atoms with Crippen molar-refractivity contribution in [2.75, 3.05) is 32.0 Å². The number of fused-ring (bicyclic) bond motifs is 1. The number of carbonyl (C=O) groups excluding carboxylic acids is 1. The molecule has 0 spiro atoms. The molecule has 0 aliphatic carbocycles. The first-order valence-corrected chi connectivity index (χ1v) is 16.8. The molecule has 0 saturated heterocycles. The van der Waals surface area contributed by atoms with Crippen LogP contribution in [0.2, 0.25) is 0 Å². The van der Waals surface area contributed by atoms with Crippen LogP contribution < -0.4 is 16.2 Å². The van der Waals surface area contributed by atoms with Crippen LogP contribution in [0.3, 0.4) is 0 Å². The van der Waals surface area contributed by atoms with Gasteiger partial charge in [0.25, 0.3) is 0 Å². The van der Waals surface area contributed by atoms with Crippen molar-refractivity contribution in [2.24, 2.45) is 0 Å². The van der Waals surface area contributed by atoms with E-state index in [1.807, 2.05) is 96.9 Å². The van der Waals surface area contributed by atoms with Gasteiger partial charge >= 0.3 is 0 Å². The molecule has 1 amide bonds. The number of aromatic amines is 1. The Balaban J connectivity index is 0.948. The van der Waals surface area contributed by atoms with E-state index >= 15 is 0 Å². The lowest BCUT2D eigenvalue weighted by Gasteiger charge is -2.26. The van der Waals surface area contributed by atoms with Crippen molar-refractivity contribution in [3.63, 3.8) is 0 Å². The third-order valence-electron chi connectivity index (χ3n) is 8.82. The molecule has 6 aromatic rings. The third-order valence-corrected chi connectivity index (χ3v) is 8.82. The Bertz CT molecular complexity index is 2080. The summed E-state index contributed by atoms with van der Waals surface area (Å²) in [6.07, 6.45) is 1.77. The van der Waals surface area contributed by atoms with Crippen molar-refractivity contribution in [1.82, 2.24) is 20.2 Å². The number of phenols is 1. The van der Waals surface area contributed by atoms with E-state index in [0.717, 1.165) is 5.56 Å². The number of aliphatic hydroxyl groups is 2. The number of aromatic nitrogens is 2. The molecular formula is C40H41N5O6. The number of amides is 1. The molecule has 11 nitrogen and oxygen atoms in total. The highest BCUT2D eigenvalue weighted by molar-refractivity contribution is 5.90. The molecule has 0 aliphatic heterocycles. The Hall–Kier alpha value is -5.59. The minimum atomic E-state index is -1.55. The molecule has 0 fully saturated rings. The Morgan fingerprint density at radius 2 is 1.63 bits per heavy atom.